The molecule has 100 valence electrons. The lowest BCUT2D eigenvalue weighted by Gasteiger charge is -2.11. The summed E-state index contributed by atoms with van der Waals surface area (Å²) >= 11 is 5.94. The first-order valence-electron chi connectivity index (χ1n) is 5.84. The van der Waals surface area contributed by atoms with Crippen molar-refractivity contribution in [1.29, 1.82) is 0 Å². The predicted octanol–water partition coefficient (Wildman–Crippen LogP) is 3.47. The fraction of sp³-hybridized carbons (Fsp3) is 0.214. The summed E-state index contributed by atoms with van der Waals surface area (Å²) < 4.78 is 19.2. The Kier molecular flexibility index (Phi) is 4.35. The highest BCUT2D eigenvalue weighted by atomic mass is 35.5. The number of hydrogen-bond donors (Lipinski definition) is 1. The highest BCUT2D eigenvalue weighted by Gasteiger charge is 2.08. The Bertz CT molecular complexity index is 575. The molecule has 0 spiro atoms. The number of aromatic nitrogens is 1. The number of benzene rings is 1. The molecule has 0 saturated heterocycles. The molecule has 0 aliphatic carbocycles. The van der Waals surface area contributed by atoms with Gasteiger partial charge in [0.1, 0.15) is 6.61 Å². The Hall–Kier alpha value is -1.65. The van der Waals surface area contributed by atoms with Gasteiger partial charge in [0.15, 0.2) is 11.6 Å². The van der Waals surface area contributed by atoms with E-state index in [2.05, 4.69) is 4.98 Å². The highest BCUT2D eigenvalue weighted by Crippen LogP contribution is 2.23. The monoisotopic (exact) mass is 280 g/mol. The van der Waals surface area contributed by atoms with Crippen LogP contribution in [-0.4, -0.2) is 4.98 Å². The van der Waals surface area contributed by atoms with Gasteiger partial charge in [0, 0.05) is 24.0 Å². The molecule has 1 aromatic carbocycles. The van der Waals surface area contributed by atoms with Crippen LogP contribution in [-0.2, 0) is 6.61 Å². The summed E-state index contributed by atoms with van der Waals surface area (Å²) in [5, 5.41) is 0.495. The number of rotatable bonds is 4. The first-order chi connectivity index (χ1) is 9.08. The van der Waals surface area contributed by atoms with Crippen LogP contribution in [0.3, 0.4) is 0 Å². The van der Waals surface area contributed by atoms with Gasteiger partial charge in [0.25, 0.3) is 0 Å². The van der Waals surface area contributed by atoms with Crippen LogP contribution in [0.1, 0.15) is 24.1 Å². The standard InChI is InChI=1S/C14H14ClFN2O/c1-9(17)10-2-3-14(13(16)6-10)19-8-11-4-5-18-7-12(11)15/h2-7,9H,8,17H2,1H3/t9-/m1/s1. The fourth-order valence-electron chi connectivity index (χ4n) is 1.59. The van der Waals surface area contributed by atoms with Crippen molar-refractivity contribution in [3.8, 4) is 5.75 Å². The molecule has 0 aliphatic rings. The van der Waals surface area contributed by atoms with Gasteiger partial charge in [0.2, 0.25) is 0 Å². The second kappa shape index (κ2) is 5.99. The molecule has 0 unspecified atom stereocenters. The summed E-state index contributed by atoms with van der Waals surface area (Å²) in [5.74, 6) is -0.253. The summed E-state index contributed by atoms with van der Waals surface area (Å²) in [4.78, 5) is 3.87. The highest BCUT2D eigenvalue weighted by molar-refractivity contribution is 6.31. The van der Waals surface area contributed by atoms with E-state index in [1.54, 1.807) is 31.3 Å². The average molecular weight is 281 g/mol. The van der Waals surface area contributed by atoms with Crippen LogP contribution < -0.4 is 10.5 Å². The van der Waals surface area contributed by atoms with E-state index in [9.17, 15) is 4.39 Å². The van der Waals surface area contributed by atoms with Crippen molar-refractivity contribution in [3.05, 3.63) is 58.6 Å². The zero-order valence-electron chi connectivity index (χ0n) is 10.4. The zero-order valence-corrected chi connectivity index (χ0v) is 11.2. The third-order valence-corrected chi connectivity index (χ3v) is 3.06. The van der Waals surface area contributed by atoms with Crippen LogP contribution in [0, 0.1) is 5.82 Å². The van der Waals surface area contributed by atoms with Crippen LogP contribution in [0.2, 0.25) is 5.02 Å². The molecule has 0 amide bonds. The lowest BCUT2D eigenvalue weighted by molar-refractivity contribution is 0.290. The van der Waals surface area contributed by atoms with Crippen molar-refractivity contribution < 1.29 is 9.13 Å². The molecule has 2 N–H and O–H groups in total. The van der Waals surface area contributed by atoms with Gasteiger partial charge in [-0.3, -0.25) is 4.98 Å². The molecule has 1 atom stereocenters. The van der Waals surface area contributed by atoms with Gasteiger partial charge < -0.3 is 10.5 Å². The van der Waals surface area contributed by atoms with Crippen molar-refractivity contribution in [3.63, 3.8) is 0 Å². The molecule has 0 saturated carbocycles. The maximum atomic E-state index is 13.8. The quantitative estimate of drug-likeness (QED) is 0.933. The Balaban J connectivity index is 2.10. The van der Waals surface area contributed by atoms with Crippen molar-refractivity contribution in [2.75, 3.05) is 0 Å². The SMILES string of the molecule is C[C@@H](N)c1ccc(OCc2ccncc2Cl)c(F)c1. The number of nitrogens with two attached hydrogens (primary N) is 1. The molecule has 2 aromatic rings. The summed E-state index contributed by atoms with van der Waals surface area (Å²) in [7, 11) is 0. The summed E-state index contributed by atoms with van der Waals surface area (Å²) in [5.41, 5.74) is 7.17. The topological polar surface area (TPSA) is 48.1 Å². The molecule has 0 fully saturated rings. The molecule has 0 radical (unpaired) electrons. The lowest BCUT2D eigenvalue weighted by Crippen LogP contribution is -2.06. The summed E-state index contributed by atoms with van der Waals surface area (Å²) in [6.07, 6.45) is 3.13. The number of nitrogens with zero attached hydrogens (tertiary/aromatic N) is 1. The normalized spacial score (nSPS) is 12.2. The van der Waals surface area contributed by atoms with E-state index in [0.717, 1.165) is 11.1 Å². The largest absolute Gasteiger partial charge is 0.486 e. The third kappa shape index (κ3) is 3.43. The molecule has 0 bridgehead atoms. The van der Waals surface area contributed by atoms with Crippen LogP contribution in [0.25, 0.3) is 0 Å². The van der Waals surface area contributed by atoms with E-state index in [1.807, 2.05) is 0 Å². The van der Waals surface area contributed by atoms with E-state index in [4.69, 9.17) is 22.1 Å². The molecule has 0 aliphatic heterocycles. The second-order valence-corrected chi connectivity index (χ2v) is 4.64. The maximum absolute atomic E-state index is 13.8. The van der Waals surface area contributed by atoms with Crippen molar-refractivity contribution >= 4 is 11.6 Å². The molecule has 5 heteroatoms. The molecule has 3 nitrogen and oxygen atoms in total. The van der Waals surface area contributed by atoms with Crippen LogP contribution >= 0.6 is 11.6 Å². The predicted molar refractivity (Wildman–Crippen MR) is 72.6 cm³/mol. The minimum atomic E-state index is -0.431. The Morgan fingerprint density at radius 1 is 1.42 bits per heavy atom. The van der Waals surface area contributed by atoms with E-state index >= 15 is 0 Å². The van der Waals surface area contributed by atoms with Crippen LogP contribution in [0.4, 0.5) is 4.39 Å². The van der Waals surface area contributed by atoms with E-state index in [0.29, 0.717) is 5.02 Å². The Morgan fingerprint density at radius 2 is 2.21 bits per heavy atom. The molecule has 19 heavy (non-hydrogen) atoms. The fourth-order valence-corrected chi connectivity index (χ4v) is 1.77. The Labute approximate surface area is 116 Å². The number of halogens is 2. The summed E-state index contributed by atoms with van der Waals surface area (Å²) in [6, 6.07) is 6.23. The minimum absolute atomic E-state index is 0.178. The maximum Gasteiger partial charge on any atom is 0.165 e. The van der Waals surface area contributed by atoms with Gasteiger partial charge in [-0.2, -0.15) is 0 Å². The van der Waals surface area contributed by atoms with E-state index in [-0.39, 0.29) is 18.4 Å². The van der Waals surface area contributed by atoms with Gasteiger partial charge >= 0.3 is 0 Å². The van der Waals surface area contributed by atoms with Crippen molar-refractivity contribution in [2.45, 2.75) is 19.6 Å². The molecular weight excluding hydrogens is 267 g/mol. The van der Waals surface area contributed by atoms with Gasteiger partial charge in [-0.05, 0) is 30.7 Å². The molecular formula is C14H14ClFN2O. The van der Waals surface area contributed by atoms with Gasteiger partial charge in [-0.25, -0.2) is 4.39 Å². The zero-order chi connectivity index (χ0) is 13.8. The van der Waals surface area contributed by atoms with Gasteiger partial charge in [0.05, 0.1) is 5.02 Å². The lowest BCUT2D eigenvalue weighted by atomic mass is 10.1. The Morgan fingerprint density at radius 3 is 2.84 bits per heavy atom. The molecule has 1 heterocycles. The first kappa shape index (κ1) is 13.8. The van der Waals surface area contributed by atoms with Gasteiger partial charge in [-0.1, -0.05) is 17.7 Å². The third-order valence-electron chi connectivity index (χ3n) is 2.72. The number of pyridine rings is 1. The molecule has 1 aromatic heterocycles. The summed E-state index contributed by atoms with van der Waals surface area (Å²) in [6.45, 7) is 1.99. The number of hydrogen-bond acceptors (Lipinski definition) is 3. The van der Waals surface area contributed by atoms with Crippen molar-refractivity contribution in [1.82, 2.24) is 4.98 Å². The smallest absolute Gasteiger partial charge is 0.165 e. The first-order valence-corrected chi connectivity index (χ1v) is 6.22. The van der Waals surface area contributed by atoms with E-state index in [1.165, 1.54) is 12.3 Å². The number of ether oxygens (including phenoxy) is 1. The average Bonchev–Trinajstić information content (AvgIpc) is 2.39. The van der Waals surface area contributed by atoms with E-state index < -0.39 is 5.82 Å². The second-order valence-electron chi connectivity index (χ2n) is 4.23. The minimum Gasteiger partial charge on any atom is -0.486 e. The van der Waals surface area contributed by atoms with Crippen molar-refractivity contribution in [2.24, 2.45) is 5.73 Å². The van der Waals surface area contributed by atoms with Crippen LogP contribution in [0.15, 0.2) is 36.7 Å². The van der Waals surface area contributed by atoms with Crippen LogP contribution in [0.5, 0.6) is 5.75 Å². The van der Waals surface area contributed by atoms with Gasteiger partial charge in [-0.15, -0.1) is 0 Å². The molecule has 2 rings (SSSR count).